The van der Waals surface area contributed by atoms with Gasteiger partial charge in [0, 0.05) is 0 Å². The predicted molar refractivity (Wildman–Crippen MR) is 154 cm³/mol. The number of allylic oxidation sites excluding steroid dienone is 10. The molecule has 2 aromatic carbocycles. The molecular formula is C36H26O2Zr. The Balaban J connectivity index is 1.35. The van der Waals surface area contributed by atoms with Crippen LogP contribution in [0.1, 0.15) is 45.6 Å². The summed E-state index contributed by atoms with van der Waals surface area (Å²) in [7, 11) is 0. The predicted octanol–water partition coefficient (Wildman–Crippen LogP) is 9.47. The molecular weight excluding hydrogens is 556 g/mol. The van der Waals surface area contributed by atoms with Crippen molar-refractivity contribution >= 4 is 6.56 Å². The molecule has 2 unspecified atom stereocenters. The van der Waals surface area contributed by atoms with Crippen LogP contribution in [-0.4, -0.2) is 0 Å². The second-order valence-electron chi connectivity index (χ2n) is 10.6. The van der Waals surface area contributed by atoms with Crippen LogP contribution in [0, 0.1) is 13.8 Å². The van der Waals surface area contributed by atoms with E-state index in [4.69, 9.17) is 8.83 Å². The minimum atomic E-state index is -1.31. The first-order valence-corrected chi connectivity index (χ1v) is 16.0. The van der Waals surface area contributed by atoms with Gasteiger partial charge < -0.3 is 0 Å². The summed E-state index contributed by atoms with van der Waals surface area (Å²) in [6, 6.07) is 21.9. The fourth-order valence-electron chi connectivity index (χ4n) is 6.57. The van der Waals surface area contributed by atoms with E-state index in [-0.39, 0.29) is 0 Å². The van der Waals surface area contributed by atoms with Crippen molar-refractivity contribution in [2.75, 3.05) is 0 Å². The van der Waals surface area contributed by atoms with Crippen LogP contribution in [0.2, 0.25) is 0 Å². The Bertz CT molecular complexity index is 1730. The Morgan fingerprint density at radius 3 is 1.49 bits per heavy atom. The summed E-state index contributed by atoms with van der Waals surface area (Å²) in [5.74, 6) is 4.43. The Morgan fingerprint density at radius 1 is 0.564 bits per heavy atom. The van der Waals surface area contributed by atoms with Crippen molar-refractivity contribution in [3.8, 4) is 22.6 Å². The second-order valence-corrected chi connectivity index (χ2v) is 13.7. The molecule has 0 bridgehead atoms. The minimum absolute atomic E-state index is 0.309. The summed E-state index contributed by atoms with van der Waals surface area (Å²) in [6.07, 6.45) is 18.2. The SMILES string of the molecule is Cc1ccc(-c2cccc3c2[C]([Zr][C]2=C4C=CC=CC4c4cccc(-c5ccc(C)o5)c42)=C2C=CC=CC23)o1. The molecule has 2 nitrogen and oxygen atoms in total. The van der Waals surface area contributed by atoms with E-state index in [0.717, 1.165) is 23.0 Å². The van der Waals surface area contributed by atoms with Gasteiger partial charge in [-0.15, -0.1) is 0 Å². The molecule has 0 N–H and O–H groups in total. The van der Waals surface area contributed by atoms with Gasteiger partial charge in [0.25, 0.3) is 0 Å². The number of rotatable bonds is 4. The van der Waals surface area contributed by atoms with Gasteiger partial charge in [-0.3, -0.25) is 0 Å². The van der Waals surface area contributed by atoms with E-state index >= 15 is 0 Å². The third-order valence-corrected chi connectivity index (χ3v) is 12.1. The van der Waals surface area contributed by atoms with Crippen molar-refractivity contribution in [3.63, 3.8) is 0 Å². The monoisotopic (exact) mass is 580 g/mol. The van der Waals surface area contributed by atoms with Crippen LogP contribution in [0.25, 0.3) is 29.2 Å². The van der Waals surface area contributed by atoms with Gasteiger partial charge in [-0.2, -0.15) is 0 Å². The molecule has 8 rings (SSSR count). The van der Waals surface area contributed by atoms with Gasteiger partial charge in [-0.25, -0.2) is 0 Å². The molecule has 0 saturated heterocycles. The van der Waals surface area contributed by atoms with Crippen molar-refractivity contribution < 1.29 is 32.1 Å². The van der Waals surface area contributed by atoms with E-state index in [2.05, 4.69) is 109 Å². The zero-order chi connectivity index (χ0) is 26.1. The maximum atomic E-state index is 6.20. The fraction of sp³-hybridized carbons (Fsp3) is 0.111. The van der Waals surface area contributed by atoms with Crippen molar-refractivity contribution in [2.24, 2.45) is 0 Å². The average Bonchev–Trinajstić information content (AvgIpc) is 3.74. The van der Waals surface area contributed by atoms with Crippen LogP contribution in [0.15, 0.2) is 129 Å². The molecule has 186 valence electrons. The molecule has 0 fully saturated rings. The summed E-state index contributed by atoms with van der Waals surface area (Å²) < 4.78 is 15.5. The number of benzene rings is 2. The van der Waals surface area contributed by atoms with E-state index in [1.807, 2.05) is 13.8 Å². The summed E-state index contributed by atoms with van der Waals surface area (Å²) in [5, 5.41) is 0. The number of furan rings is 2. The van der Waals surface area contributed by atoms with Crippen molar-refractivity contribution in [2.45, 2.75) is 25.7 Å². The third-order valence-electron chi connectivity index (χ3n) is 8.25. The van der Waals surface area contributed by atoms with Gasteiger partial charge >= 0.3 is 241 Å². The van der Waals surface area contributed by atoms with Crippen LogP contribution in [0.4, 0.5) is 0 Å². The van der Waals surface area contributed by atoms with E-state index in [0.29, 0.717) is 11.8 Å². The van der Waals surface area contributed by atoms with Gasteiger partial charge in [0.15, 0.2) is 0 Å². The summed E-state index contributed by atoms with van der Waals surface area (Å²) >= 11 is -1.31. The summed E-state index contributed by atoms with van der Waals surface area (Å²) in [5.41, 5.74) is 11.0. The normalized spacial score (nSPS) is 19.9. The van der Waals surface area contributed by atoms with E-state index in [1.54, 1.807) is 6.56 Å². The molecule has 4 aliphatic carbocycles. The summed E-state index contributed by atoms with van der Waals surface area (Å²) in [6.45, 7) is 4.05. The molecule has 0 saturated carbocycles. The Morgan fingerprint density at radius 2 is 1.05 bits per heavy atom. The Hall–Kier alpha value is -3.68. The summed E-state index contributed by atoms with van der Waals surface area (Å²) in [4.78, 5) is 0. The number of hydrogen-bond donors (Lipinski definition) is 0. The molecule has 0 aliphatic heterocycles. The molecule has 39 heavy (non-hydrogen) atoms. The zero-order valence-corrected chi connectivity index (χ0v) is 24.3. The number of aryl methyl sites for hydroxylation is 2. The van der Waals surface area contributed by atoms with Gasteiger partial charge in [0.05, 0.1) is 0 Å². The Labute approximate surface area is 240 Å². The van der Waals surface area contributed by atoms with Gasteiger partial charge in [0.2, 0.25) is 0 Å². The van der Waals surface area contributed by atoms with Gasteiger partial charge in [-0.1, -0.05) is 0 Å². The van der Waals surface area contributed by atoms with Crippen molar-refractivity contribution in [3.05, 3.63) is 154 Å². The van der Waals surface area contributed by atoms with E-state index in [1.165, 1.54) is 44.5 Å². The first kappa shape index (κ1) is 23.2. The Kier molecular flexibility index (Phi) is 5.32. The molecule has 0 amide bonds. The molecule has 2 atom stereocenters. The zero-order valence-electron chi connectivity index (χ0n) is 21.9. The average molecular weight is 582 g/mol. The van der Waals surface area contributed by atoms with Crippen molar-refractivity contribution in [1.82, 2.24) is 0 Å². The molecule has 4 aromatic rings. The maximum absolute atomic E-state index is 6.20. The van der Waals surface area contributed by atoms with Crippen LogP contribution in [0.3, 0.4) is 0 Å². The topological polar surface area (TPSA) is 26.3 Å². The van der Waals surface area contributed by atoms with E-state index in [9.17, 15) is 0 Å². The van der Waals surface area contributed by atoms with Crippen LogP contribution >= 0.6 is 0 Å². The molecule has 2 aromatic heterocycles. The second kappa shape index (κ2) is 8.93. The molecule has 4 aliphatic rings. The van der Waals surface area contributed by atoms with E-state index < -0.39 is 23.2 Å². The first-order chi connectivity index (χ1) is 19.2. The fourth-order valence-corrected chi connectivity index (χ4v) is 11.1. The molecule has 0 radical (unpaired) electrons. The number of fused-ring (bicyclic) bond motifs is 6. The quantitative estimate of drug-likeness (QED) is 0.240. The van der Waals surface area contributed by atoms with Gasteiger partial charge in [-0.05, 0) is 0 Å². The van der Waals surface area contributed by atoms with Crippen LogP contribution in [0.5, 0.6) is 0 Å². The molecule has 2 heterocycles. The number of hydrogen-bond acceptors (Lipinski definition) is 2. The molecule has 3 heteroatoms. The van der Waals surface area contributed by atoms with Crippen molar-refractivity contribution in [1.29, 1.82) is 0 Å². The van der Waals surface area contributed by atoms with Crippen LogP contribution < -0.4 is 0 Å². The van der Waals surface area contributed by atoms with Gasteiger partial charge in [0.1, 0.15) is 0 Å². The standard InChI is InChI=1S/2C18H13O.Zr/c2*1-12-9-10-18(19-12)16-8-4-7-15-14-6-3-2-5-13(14)11-17(15)16;/h2*2-10,14H,1H3;. The third kappa shape index (κ3) is 3.56. The molecule has 0 spiro atoms. The first-order valence-electron chi connectivity index (χ1n) is 13.5. The van der Waals surface area contributed by atoms with Crippen LogP contribution in [-0.2, 0) is 23.2 Å².